The van der Waals surface area contributed by atoms with Crippen molar-refractivity contribution < 1.29 is 28.0 Å². The van der Waals surface area contributed by atoms with Crippen molar-refractivity contribution in [1.29, 1.82) is 0 Å². The Morgan fingerprint density at radius 3 is 2.00 bits per heavy atom. The van der Waals surface area contributed by atoms with Crippen LogP contribution >= 0.6 is 10.2 Å². The van der Waals surface area contributed by atoms with E-state index in [1.165, 1.54) is 6.92 Å². The molecule has 130 valence electrons. The molecule has 0 fully saturated rings. The van der Waals surface area contributed by atoms with Crippen LogP contribution in [0.4, 0.5) is 23.8 Å². The minimum absolute atomic E-state index is 0.137. The molecule has 0 saturated carbocycles. The first-order valence-electron chi connectivity index (χ1n) is 6.13. The molecule has 0 amide bonds. The predicted octanol–water partition coefficient (Wildman–Crippen LogP) is 5.60. The molecule has 0 bridgehead atoms. The number of halogens is 6. The first-order valence-corrected chi connectivity index (χ1v) is 9.23. The fourth-order valence-electron chi connectivity index (χ4n) is 1.50. The quantitative estimate of drug-likeness (QED) is 0.688. The second kappa shape index (κ2) is 4.88. The monoisotopic (exact) mass is 369 g/mol. The summed E-state index contributed by atoms with van der Waals surface area (Å²) in [4.78, 5) is -2.29. The van der Waals surface area contributed by atoms with E-state index < -0.39 is 42.7 Å². The van der Waals surface area contributed by atoms with E-state index in [0.29, 0.717) is 6.07 Å². The zero-order valence-electron chi connectivity index (χ0n) is 12.3. The van der Waals surface area contributed by atoms with Crippen LogP contribution in [0.25, 0.3) is 0 Å². The maximum absolute atomic E-state index is 13.8. The van der Waals surface area contributed by atoms with Crippen molar-refractivity contribution in [3.05, 3.63) is 29.6 Å². The second-order valence-electron chi connectivity index (χ2n) is 5.87. The lowest BCUT2D eigenvalue weighted by Crippen LogP contribution is -2.35. The van der Waals surface area contributed by atoms with Crippen LogP contribution in [0.1, 0.15) is 39.3 Å². The Morgan fingerprint density at radius 2 is 1.64 bits per heavy atom. The van der Waals surface area contributed by atoms with Gasteiger partial charge in [0.2, 0.25) is 0 Å². The molecule has 1 N–H and O–H groups in total. The highest BCUT2D eigenvalue weighted by atomic mass is 32.5. The van der Waals surface area contributed by atoms with Crippen LogP contribution in [0, 0.1) is 5.82 Å². The molecule has 0 aliphatic carbocycles. The molecule has 1 aromatic rings. The van der Waals surface area contributed by atoms with Gasteiger partial charge in [-0.2, -0.15) is 0 Å². The lowest BCUT2D eigenvalue weighted by molar-refractivity contribution is 0.362. The third-order valence-corrected chi connectivity index (χ3v) is 5.55. The van der Waals surface area contributed by atoms with Gasteiger partial charge in [0.25, 0.3) is 0 Å². The first kappa shape index (κ1) is 19.3. The van der Waals surface area contributed by atoms with Crippen LogP contribution in [0.15, 0.2) is 23.1 Å². The zero-order valence-corrected chi connectivity index (χ0v) is 13.9. The van der Waals surface area contributed by atoms with E-state index in [-0.39, 0.29) is 17.7 Å². The van der Waals surface area contributed by atoms with Gasteiger partial charge in [-0.15, -0.1) is 0 Å². The summed E-state index contributed by atoms with van der Waals surface area (Å²) in [6, 6.07) is -0.375. The summed E-state index contributed by atoms with van der Waals surface area (Å²) in [5.41, 5.74) is -0.275. The molecule has 0 aromatic heterocycles. The molecule has 22 heavy (non-hydrogen) atoms. The van der Waals surface area contributed by atoms with Crippen molar-refractivity contribution in [3.63, 3.8) is 0 Å². The van der Waals surface area contributed by atoms with Gasteiger partial charge in [0.15, 0.2) is 0 Å². The fourth-order valence-corrected chi connectivity index (χ4v) is 2.95. The van der Waals surface area contributed by atoms with Crippen LogP contribution in [0.2, 0.25) is 0 Å². The van der Waals surface area contributed by atoms with E-state index in [0.717, 1.165) is 0 Å². The van der Waals surface area contributed by atoms with E-state index in [4.69, 9.17) is 0 Å². The van der Waals surface area contributed by atoms with Crippen molar-refractivity contribution in [1.82, 2.24) is 4.72 Å². The number of benzene rings is 1. The molecule has 0 heterocycles. The van der Waals surface area contributed by atoms with Gasteiger partial charge < -0.3 is 0 Å². The van der Waals surface area contributed by atoms with Gasteiger partial charge >= 0.3 is 10.2 Å². The highest BCUT2D eigenvalue weighted by Gasteiger charge is 2.65. The van der Waals surface area contributed by atoms with E-state index in [2.05, 4.69) is 4.72 Å². The molecule has 1 aromatic carbocycles. The Kier molecular flexibility index (Phi) is 4.28. The van der Waals surface area contributed by atoms with Gasteiger partial charge in [-0.25, -0.2) is 13.3 Å². The largest absolute Gasteiger partial charge is 0.310 e. The highest BCUT2D eigenvalue weighted by molar-refractivity contribution is 8.45. The molecule has 1 rings (SSSR count). The maximum Gasteiger partial charge on any atom is 0.310 e. The maximum atomic E-state index is 13.8. The van der Waals surface area contributed by atoms with Crippen molar-refractivity contribution in [2.45, 2.75) is 43.4 Å². The Morgan fingerprint density at radius 1 is 1.14 bits per heavy atom. The van der Waals surface area contributed by atoms with E-state index in [9.17, 15) is 28.0 Å². The number of hydrogen-bond donors (Lipinski definition) is 1. The molecular formula is C12H17F6NOS2. The fraction of sp³-hybridized carbons (Fsp3) is 0.500. The Labute approximate surface area is 127 Å². The summed E-state index contributed by atoms with van der Waals surface area (Å²) in [7, 11) is -11.5. The molecular weight excluding hydrogens is 352 g/mol. The summed E-state index contributed by atoms with van der Waals surface area (Å²) < 4.78 is 90.5. The minimum atomic E-state index is -9.91. The molecule has 0 spiro atoms. The van der Waals surface area contributed by atoms with Crippen molar-refractivity contribution in [2.75, 3.05) is 0 Å². The molecule has 0 aliphatic rings. The van der Waals surface area contributed by atoms with Crippen molar-refractivity contribution in [2.24, 2.45) is 0 Å². The van der Waals surface area contributed by atoms with Crippen LogP contribution in [-0.2, 0) is 11.0 Å². The SMILES string of the molecule is C[C@H](NS(=O)C(C)(C)C)c1ccc(S(F)(F)(F)(F)F)cc1F. The van der Waals surface area contributed by atoms with Gasteiger partial charge in [0.05, 0.1) is 15.7 Å². The second-order valence-corrected chi connectivity index (χ2v) is 10.3. The predicted molar refractivity (Wildman–Crippen MR) is 77.2 cm³/mol. The summed E-state index contributed by atoms with van der Waals surface area (Å²) in [5, 5.41) is 0. The van der Waals surface area contributed by atoms with Gasteiger partial charge in [-0.3, -0.25) is 0 Å². The minimum Gasteiger partial charge on any atom is -0.242 e. The summed E-state index contributed by atoms with van der Waals surface area (Å²) >= 11 is 0. The molecule has 0 radical (unpaired) electrons. The van der Waals surface area contributed by atoms with Crippen LogP contribution in [0.5, 0.6) is 0 Å². The molecule has 0 saturated heterocycles. The first-order chi connectivity index (χ1) is 9.41. The Hall–Kier alpha value is -0.740. The Bertz CT molecular complexity index is 608. The average molecular weight is 369 g/mol. The van der Waals surface area contributed by atoms with Gasteiger partial charge in [0, 0.05) is 11.6 Å². The summed E-state index contributed by atoms with van der Waals surface area (Å²) in [6.07, 6.45) is 0. The highest BCUT2D eigenvalue weighted by Crippen LogP contribution is 3.02. The van der Waals surface area contributed by atoms with E-state index >= 15 is 0 Å². The zero-order chi connectivity index (χ0) is 17.6. The lowest BCUT2D eigenvalue weighted by Gasteiger charge is -2.40. The molecule has 2 atom stereocenters. The van der Waals surface area contributed by atoms with Gasteiger partial charge in [0.1, 0.15) is 10.7 Å². The third kappa shape index (κ3) is 4.88. The van der Waals surface area contributed by atoms with Gasteiger partial charge in [-0.1, -0.05) is 25.5 Å². The van der Waals surface area contributed by atoms with Gasteiger partial charge in [-0.05, 0) is 39.8 Å². The summed E-state index contributed by atoms with van der Waals surface area (Å²) in [6.45, 7) is 6.32. The average Bonchev–Trinajstić information content (AvgIpc) is 2.23. The number of rotatable bonds is 4. The van der Waals surface area contributed by atoms with E-state index in [1.54, 1.807) is 20.8 Å². The smallest absolute Gasteiger partial charge is 0.242 e. The third-order valence-electron chi connectivity index (χ3n) is 2.72. The molecule has 10 heteroatoms. The molecule has 2 nitrogen and oxygen atoms in total. The van der Waals surface area contributed by atoms with Crippen LogP contribution in [-0.4, -0.2) is 8.96 Å². The molecule has 1 unspecified atom stereocenters. The van der Waals surface area contributed by atoms with Crippen LogP contribution in [0.3, 0.4) is 0 Å². The standard InChI is InChI=1S/C12H17F6NOS2/c1-8(19-21(20)12(2,3)4)10-6-5-9(7-11(10)13)22(14,15,16,17)18/h5-8,19H,1-4H3/t8-,21?/m0/s1. The lowest BCUT2D eigenvalue weighted by atomic mass is 10.1. The summed E-state index contributed by atoms with van der Waals surface area (Å²) in [5.74, 6) is -1.43. The molecule has 0 aliphatic heterocycles. The number of hydrogen-bond acceptors (Lipinski definition) is 1. The van der Waals surface area contributed by atoms with E-state index in [1.807, 2.05) is 0 Å². The van der Waals surface area contributed by atoms with Crippen LogP contribution < -0.4 is 4.72 Å². The normalized spacial score (nSPS) is 19.2. The Balaban J connectivity index is 3.14. The van der Waals surface area contributed by atoms with Crippen molar-refractivity contribution in [3.8, 4) is 0 Å². The van der Waals surface area contributed by atoms with Crippen molar-refractivity contribution >= 4 is 21.2 Å². The topological polar surface area (TPSA) is 29.1 Å². The number of nitrogens with one attached hydrogen (secondary N) is 1.